The molecule has 1 aromatic carbocycles. The van der Waals surface area contributed by atoms with E-state index in [0.717, 1.165) is 11.3 Å². The van der Waals surface area contributed by atoms with Gasteiger partial charge in [-0.1, -0.05) is 18.2 Å². The minimum atomic E-state index is -0.267. The third kappa shape index (κ3) is 2.72. The molecule has 0 saturated carbocycles. The number of nitrogens with two attached hydrogens (primary N) is 1. The Labute approximate surface area is 78.5 Å². The van der Waals surface area contributed by atoms with E-state index < -0.39 is 0 Å². The fraction of sp³-hybridized carbons (Fsp3) is 0.400. The van der Waals surface area contributed by atoms with Crippen molar-refractivity contribution >= 4 is 0 Å². The third-order valence-electron chi connectivity index (χ3n) is 1.92. The summed E-state index contributed by atoms with van der Waals surface area (Å²) in [4.78, 5) is 0. The first-order valence-electron chi connectivity index (χ1n) is 4.18. The molecule has 3 nitrogen and oxygen atoms in total. The van der Waals surface area contributed by atoms with Crippen molar-refractivity contribution in [3.05, 3.63) is 29.8 Å². The van der Waals surface area contributed by atoms with Crippen molar-refractivity contribution in [3.8, 4) is 5.75 Å². The summed E-state index contributed by atoms with van der Waals surface area (Å²) >= 11 is 0. The van der Waals surface area contributed by atoms with E-state index in [-0.39, 0.29) is 6.23 Å². The smallest absolute Gasteiger partial charge is 0.122 e. The first kappa shape index (κ1) is 10.0. The van der Waals surface area contributed by atoms with E-state index in [9.17, 15) is 0 Å². The zero-order valence-electron chi connectivity index (χ0n) is 7.99. The van der Waals surface area contributed by atoms with Crippen LogP contribution < -0.4 is 10.5 Å². The van der Waals surface area contributed by atoms with Crippen LogP contribution in [0.1, 0.15) is 5.56 Å². The summed E-state index contributed by atoms with van der Waals surface area (Å²) in [7, 11) is 3.25. The van der Waals surface area contributed by atoms with Crippen LogP contribution in [0.2, 0.25) is 0 Å². The summed E-state index contributed by atoms with van der Waals surface area (Å²) in [5.74, 6) is 0.856. The highest BCUT2D eigenvalue weighted by molar-refractivity contribution is 5.33. The maximum atomic E-state index is 5.65. The molecule has 0 fully saturated rings. The average molecular weight is 181 g/mol. The van der Waals surface area contributed by atoms with Crippen LogP contribution in [0, 0.1) is 0 Å². The molecule has 2 N–H and O–H groups in total. The highest BCUT2D eigenvalue weighted by Gasteiger charge is 2.06. The van der Waals surface area contributed by atoms with Crippen LogP contribution in [-0.4, -0.2) is 20.4 Å². The van der Waals surface area contributed by atoms with Gasteiger partial charge in [-0.15, -0.1) is 0 Å². The summed E-state index contributed by atoms with van der Waals surface area (Å²) < 4.78 is 10.2. The number of para-hydroxylation sites is 1. The fourth-order valence-electron chi connectivity index (χ4n) is 1.17. The van der Waals surface area contributed by atoms with Gasteiger partial charge in [-0.25, -0.2) is 0 Å². The van der Waals surface area contributed by atoms with Crippen molar-refractivity contribution in [2.45, 2.75) is 12.6 Å². The topological polar surface area (TPSA) is 44.5 Å². The van der Waals surface area contributed by atoms with Gasteiger partial charge < -0.3 is 15.2 Å². The van der Waals surface area contributed by atoms with Crippen LogP contribution in [0.4, 0.5) is 0 Å². The largest absolute Gasteiger partial charge is 0.496 e. The molecular weight excluding hydrogens is 166 g/mol. The Morgan fingerprint density at radius 3 is 2.62 bits per heavy atom. The lowest BCUT2D eigenvalue weighted by Gasteiger charge is -2.12. The second-order valence-corrected chi connectivity index (χ2v) is 2.79. The van der Waals surface area contributed by atoms with Gasteiger partial charge in [0.2, 0.25) is 0 Å². The van der Waals surface area contributed by atoms with E-state index >= 15 is 0 Å². The van der Waals surface area contributed by atoms with Crippen molar-refractivity contribution in [1.82, 2.24) is 0 Å². The minimum absolute atomic E-state index is 0.267. The van der Waals surface area contributed by atoms with Crippen molar-refractivity contribution in [2.75, 3.05) is 14.2 Å². The molecule has 13 heavy (non-hydrogen) atoms. The molecule has 0 radical (unpaired) electrons. The molecule has 3 heteroatoms. The Kier molecular flexibility index (Phi) is 3.73. The number of methoxy groups -OCH3 is 2. The van der Waals surface area contributed by atoms with Gasteiger partial charge in [0.1, 0.15) is 12.0 Å². The molecule has 0 heterocycles. The average Bonchev–Trinajstić information content (AvgIpc) is 2.18. The van der Waals surface area contributed by atoms with E-state index in [4.69, 9.17) is 15.2 Å². The van der Waals surface area contributed by atoms with E-state index in [1.165, 1.54) is 0 Å². The van der Waals surface area contributed by atoms with Crippen molar-refractivity contribution < 1.29 is 9.47 Å². The molecule has 1 atom stereocenters. The van der Waals surface area contributed by atoms with Gasteiger partial charge in [0.15, 0.2) is 0 Å². The predicted molar refractivity (Wildman–Crippen MR) is 51.7 cm³/mol. The normalized spacial score (nSPS) is 12.5. The molecule has 0 saturated heterocycles. The SMILES string of the molecule is COc1ccccc1CC(N)OC. The summed E-state index contributed by atoms with van der Waals surface area (Å²) in [6.07, 6.45) is 0.400. The number of hydrogen-bond donors (Lipinski definition) is 1. The van der Waals surface area contributed by atoms with Crippen molar-refractivity contribution in [3.63, 3.8) is 0 Å². The molecule has 0 spiro atoms. The van der Waals surface area contributed by atoms with Gasteiger partial charge in [0.05, 0.1) is 7.11 Å². The fourth-order valence-corrected chi connectivity index (χ4v) is 1.17. The third-order valence-corrected chi connectivity index (χ3v) is 1.92. The number of benzene rings is 1. The first-order chi connectivity index (χ1) is 6.27. The maximum absolute atomic E-state index is 5.65. The second-order valence-electron chi connectivity index (χ2n) is 2.79. The van der Waals surface area contributed by atoms with Crippen molar-refractivity contribution in [2.24, 2.45) is 5.73 Å². The van der Waals surface area contributed by atoms with E-state index in [0.29, 0.717) is 6.42 Å². The second kappa shape index (κ2) is 4.84. The summed E-state index contributed by atoms with van der Waals surface area (Å²) in [5.41, 5.74) is 6.72. The molecule has 72 valence electrons. The molecule has 0 bridgehead atoms. The van der Waals surface area contributed by atoms with Gasteiger partial charge in [-0.3, -0.25) is 0 Å². The minimum Gasteiger partial charge on any atom is -0.496 e. The van der Waals surface area contributed by atoms with Gasteiger partial charge in [-0.2, -0.15) is 0 Å². The van der Waals surface area contributed by atoms with Crippen molar-refractivity contribution in [1.29, 1.82) is 0 Å². The molecule has 0 aliphatic carbocycles. The molecule has 1 aromatic rings. The first-order valence-corrected chi connectivity index (χ1v) is 4.18. The Bertz CT molecular complexity index is 263. The van der Waals surface area contributed by atoms with Crippen LogP contribution >= 0.6 is 0 Å². The monoisotopic (exact) mass is 181 g/mol. The highest BCUT2D eigenvalue weighted by atomic mass is 16.5. The van der Waals surface area contributed by atoms with Crippen LogP contribution in [-0.2, 0) is 11.2 Å². The van der Waals surface area contributed by atoms with Crippen LogP contribution in [0.15, 0.2) is 24.3 Å². The molecule has 0 aliphatic rings. The predicted octanol–water partition coefficient (Wildman–Crippen LogP) is 1.17. The zero-order valence-corrected chi connectivity index (χ0v) is 7.99. The Hall–Kier alpha value is -1.06. The molecule has 0 aliphatic heterocycles. The standard InChI is InChI=1S/C10H15NO2/c1-12-9-6-4-3-5-8(9)7-10(11)13-2/h3-6,10H,7,11H2,1-2H3. The van der Waals surface area contributed by atoms with Gasteiger partial charge in [0, 0.05) is 13.5 Å². The lowest BCUT2D eigenvalue weighted by molar-refractivity contribution is 0.108. The summed E-state index contributed by atoms with van der Waals surface area (Å²) in [5, 5.41) is 0. The number of rotatable bonds is 4. The summed E-state index contributed by atoms with van der Waals surface area (Å²) in [6.45, 7) is 0. The molecule has 1 unspecified atom stereocenters. The molecule has 0 amide bonds. The van der Waals surface area contributed by atoms with E-state index in [1.54, 1.807) is 14.2 Å². The Morgan fingerprint density at radius 2 is 2.00 bits per heavy atom. The quantitative estimate of drug-likeness (QED) is 0.709. The molecule has 0 aromatic heterocycles. The highest BCUT2D eigenvalue weighted by Crippen LogP contribution is 2.18. The van der Waals surface area contributed by atoms with Gasteiger partial charge >= 0.3 is 0 Å². The Morgan fingerprint density at radius 1 is 1.31 bits per heavy atom. The van der Waals surface area contributed by atoms with E-state index in [1.807, 2.05) is 24.3 Å². The van der Waals surface area contributed by atoms with Gasteiger partial charge in [-0.05, 0) is 11.6 Å². The van der Waals surface area contributed by atoms with Crippen LogP contribution in [0.5, 0.6) is 5.75 Å². The molecular formula is C10H15NO2. The summed E-state index contributed by atoms with van der Waals surface area (Å²) in [6, 6.07) is 7.79. The zero-order chi connectivity index (χ0) is 9.68. The Balaban J connectivity index is 2.74. The van der Waals surface area contributed by atoms with Gasteiger partial charge in [0.25, 0.3) is 0 Å². The van der Waals surface area contributed by atoms with Crippen LogP contribution in [0.25, 0.3) is 0 Å². The van der Waals surface area contributed by atoms with Crippen LogP contribution in [0.3, 0.4) is 0 Å². The lowest BCUT2D eigenvalue weighted by atomic mass is 10.1. The lowest BCUT2D eigenvalue weighted by Crippen LogP contribution is -2.24. The maximum Gasteiger partial charge on any atom is 0.122 e. The number of hydrogen-bond acceptors (Lipinski definition) is 3. The molecule has 1 rings (SSSR count). The number of ether oxygens (including phenoxy) is 2. The van der Waals surface area contributed by atoms with E-state index in [2.05, 4.69) is 0 Å².